The van der Waals surface area contributed by atoms with E-state index < -0.39 is 5.82 Å². The molecule has 0 amide bonds. The van der Waals surface area contributed by atoms with E-state index in [-0.39, 0.29) is 5.75 Å². The van der Waals surface area contributed by atoms with Gasteiger partial charge in [0.05, 0.1) is 0 Å². The molecule has 2 aromatic rings. The van der Waals surface area contributed by atoms with Gasteiger partial charge in [0, 0.05) is 22.3 Å². The third kappa shape index (κ3) is 2.64. The third-order valence-corrected chi connectivity index (χ3v) is 3.78. The maximum atomic E-state index is 13.2. The number of phenols is 1. The van der Waals surface area contributed by atoms with Gasteiger partial charge < -0.3 is 10.4 Å². The zero-order chi connectivity index (χ0) is 13.1. The van der Waals surface area contributed by atoms with Crippen LogP contribution in [0.25, 0.3) is 0 Å². The van der Waals surface area contributed by atoms with Crippen molar-refractivity contribution in [3.63, 3.8) is 0 Å². The van der Waals surface area contributed by atoms with Crippen molar-refractivity contribution >= 4 is 21.6 Å². The molecular formula is C14H13BrFNO. The molecule has 0 spiro atoms. The molecule has 0 aromatic heterocycles. The normalized spacial score (nSPS) is 10.4. The van der Waals surface area contributed by atoms with Crippen LogP contribution in [0.4, 0.5) is 10.1 Å². The Bertz CT molecular complexity index is 520. The number of aryl methyl sites for hydroxylation is 1. The van der Waals surface area contributed by atoms with Crippen LogP contribution in [0.3, 0.4) is 0 Å². The van der Waals surface area contributed by atoms with Gasteiger partial charge in [-0.1, -0.05) is 24.3 Å². The van der Waals surface area contributed by atoms with Crippen LogP contribution in [0.5, 0.6) is 5.75 Å². The van der Waals surface area contributed by atoms with E-state index in [4.69, 9.17) is 0 Å². The van der Waals surface area contributed by atoms with Crippen molar-refractivity contribution in [2.24, 2.45) is 0 Å². The van der Waals surface area contributed by atoms with Crippen molar-refractivity contribution in [2.45, 2.75) is 13.5 Å². The minimum atomic E-state index is -0.599. The van der Waals surface area contributed by atoms with E-state index in [1.807, 2.05) is 25.1 Å². The predicted molar refractivity (Wildman–Crippen MR) is 74.3 cm³/mol. The molecule has 0 aliphatic heterocycles. The Labute approximate surface area is 114 Å². The second kappa shape index (κ2) is 5.40. The number of para-hydroxylation sites is 1. The van der Waals surface area contributed by atoms with Crippen LogP contribution in [0.1, 0.15) is 11.1 Å². The molecule has 2 aromatic carbocycles. The van der Waals surface area contributed by atoms with Crippen LogP contribution < -0.4 is 5.32 Å². The number of hydrogen-bond donors (Lipinski definition) is 2. The van der Waals surface area contributed by atoms with Gasteiger partial charge in [0.2, 0.25) is 0 Å². The van der Waals surface area contributed by atoms with Crippen LogP contribution in [0.2, 0.25) is 0 Å². The number of halogens is 2. The average molecular weight is 310 g/mol. The molecule has 0 bridgehead atoms. The summed E-state index contributed by atoms with van der Waals surface area (Å²) in [4.78, 5) is 0. The summed E-state index contributed by atoms with van der Waals surface area (Å²) in [5.41, 5.74) is 2.56. The van der Waals surface area contributed by atoms with Crippen molar-refractivity contribution in [3.8, 4) is 5.75 Å². The van der Waals surface area contributed by atoms with E-state index in [9.17, 15) is 9.50 Å². The van der Waals surface area contributed by atoms with Crippen LogP contribution in [0.15, 0.2) is 40.9 Å². The first-order valence-electron chi connectivity index (χ1n) is 5.55. The second-order valence-electron chi connectivity index (χ2n) is 4.04. The largest absolute Gasteiger partial charge is 0.505 e. The molecule has 0 saturated carbocycles. The fourth-order valence-electron chi connectivity index (χ4n) is 1.68. The third-order valence-electron chi connectivity index (χ3n) is 2.73. The standard InChI is InChI=1S/C14H13BrFNO/c1-9-4-2-7-12(13(9)15)17-8-10-5-3-6-11(16)14(10)18/h2-7,17-18H,8H2,1H3. The predicted octanol–water partition coefficient (Wildman–Crippen LogP) is 4.21. The van der Waals surface area contributed by atoms with Crippen molar-refractivity contribution in [1.29, 1.82) is 0 Å². The van der Waals surface area contributed by atoms with Gasteiger partial charge >= 0.3 is 0 Å². The zero-order valence-corrected chi connectivity index (χ0v) is 11.5. The highest BCUT2D eigenvalue weighted by Crippen LogP contribution is 2.27. The first-order chi connectivity index (χ1) is 8.59. The van der Waals surface area contributed by atoms with Gasteiger partial charge in [-0.15, -0.1) is 0 Å². The molecule has 94 valence electrons. The molecule has 0 fully saturated rings. The van der Waals surface area contributed by atoms with Crippen molar-refractivity contribution < 1.29 is 9.50 Å². The van der Waals surface area contributed by atoms with Gasteiger partial charge in [-0.25, -0.2) is 4.39 Å². The number of anilines is 1. The Morgan fingerprint density at radius 2 is 1.94 bits per heavy atom. The van der Waals surface area contributed by atoms with Gasteiger partial charge in [-0.3, -0.25) is 0 Å². The van der Waals surface area contributed by atoms with Gasteiger partial charge in [-0.2, -0.15) is 0 Å². The maximum Gasteiger partial charge on any atom is 0.165 e. The Hall–Kier alpha value is -1.55. The number of hydrogen-bond acceptors (Lipinski definition) is 2. The van der Waals surface area contributed by atoms with Gasteiger partial charge in [-0.05, 0) is 40.5 Å². The van der Waals surface area contributed by atoms with E-state index in [1.165, 1.54) is 6.07 Å². The maximum absolute atomic E-state index is 13.2. The summed E-state index contributed by atoms with van der Waals surface area (Å²) >= 11 is 3.49. The monoisotopic (exact) mass is 309 g/mol. The summed E-state index contributed by atoms with van der Waals surface area (Å²) in [6.45, 7) is 2.36. The number of rotatable bonds is 3. The van der Waals surface area contributed by atoms with Gasteiger partial charge in [0.25, 0.3) is 0 Å². The lowest BCUT2D eigenvalue weighted by Crippen LogP contribution is -2.01. The molecule has 0 atom stereocenters. The molecule has 0 radical (unpaired) electrons. The quantitative estimate of drug-likeness (QED) is 0.890. The zero-order valence-electron chi connectivity index (χ0n) is 9.87. The van der Waals surface area contributed by atoms with E-state index in [1.54, 1.807) is 12.1 Å². The first kappa shape index (κ1) is 12.9. The summed E-state index contributed by atoms with van der Waals surface area (Å²) in [6, 6.07) is 10.4. The highest BCUT2D eigenvalue weighted by Gasteiger charge is 2.07. The lowest BCUT2D eigenvalue weighted by Gasteiger charge is -2.11. The summed E-state index contributed by atoms with van der Waals surface area (Å²) in [6.07, 6.45) is 0. The Morgan fingerprint density at radius 1 is 1.22 bits per heavy atom. The lowest BCUT2D eigenvalue weighted by molar-refractivity contribution is 0.427. The Morgan fingerprint density at radius 3 is 2.72 bits per heavy atom. The summed E-state index contributed by atoms with van der Waals surface area (Å²) in [7, 11) is 0. The van der Waals surface area contributed by atoms with Gasteiger partial charge in [0.1, 0.15) is 0 Å². The van der Waals surface area contributed by atoms with Crippen LogP contribution >= 0.6 is 15.9 Å². The highest BCUT2D eigenvalue weighted by molar-refractivity contribution is 9.10. The first-order valence-corrected chi connectivity index (χ1v) is 6.34. The average Bonchev–Trinajstić information content (AvgIpc) is 2.36. The van der Waals surface area contributed by atoms with Crippen molar-refractivity contribution in [1.82, 2.24) is 0 Å². The smallest absolute Gasteiger partial charge is 0.165 e. The molecule has 4 heteroatoms. The molecule has 18 heavy (non-hydrogen) atoms. The molecule has 0 saturated heterocycles. The Balaban J connectivity index is 2.17. The van der Waals surface area contributed by atoms with E-state index in [0.29, 0.717) is 12.1 Å². The second-order valence-corrected chi connectivity index (χ2v) is 4.83. The van der Waals surface area contributed by atoms with Crippen molar-refractivity contribution in [3.05, 3.63) is 57.8 Å². The van der Waals surface area contributed by atoms with E-state index >= 15 is 0 Å². The number of benzene rings is 2. The molecule has 2 nitrogen and oxygen atoms in total. The van der Waals surface area contributed by atoms with E-state index in [0.717, 1.165) is 15.7 Å². The Kier molecular flexibility index (Phi) is 3.87. The SMILES string of the molecule is Cc1cccc(NCc2cccc(F)c2O)c1Br. The van der Waals surface area contributed by atoms with Crippen LogP contribution in [-0.2, 0) is 6.54 Å². The fourth-order valence-corrected chi connectivity index (χ4v) is 2.08. The molecule has 2 rings (SSSR count). The molecule has 2 N–H and O–H groups in total. The van der Waals surface area contributed by atoms with Gasteiger partial charge in [0.15, 0.2) is 11.6 Å². The minimum absolute atomic E-state index is 0.297. The molecule has 0 heterocycles. The number of aromatic hydroxyl groups is 1. The lowest BCUT2D eigenvalue weighted by atomic mass is 10.1. The number of phenolic OH excluding ortho intramolecular Hbond substituents is 1. The molecule has 0 aliphatic rings. The van der Waals surface area contributed by atoms with Crippen LogP contribution in [-0.4, -0.2) is 5.11 Å². The fraction of sp³-hybridized carbons (Fsp3) is 0.143. The molecule has 0 unspecified atom stereocenters. The topological polar surface area (TPSA) is 32.3 Å². The van der Waals surface area contributed by atoms with Crippen molar-refractivity contribution in [2.75, 3.05) is 5.32 Å². The molecular weight excluding hydrogens is 297 g/mol. The minimum Gasteiger partial charge on any atom is -0.505 e. The van der Waals surface area contributed by atoms with Crippen LogP contribution in [0, 0.1) is 12.7 Å². The summed E-state index contributed by atoms with van der Waals surface area (Å²) in [5.74, 6) is -0.897. The van der Waals surface area contributed by atoms with E-state index in [2.05, 4.69) is 21.2 Å². The highest BCUT2D eigenvalue weighted by atomic mass is 79.9. The molecule has 0 aliphatic carbocycles. The summed E-state index contributed by atoms with van der Waals surface area (Å²) in [5, 5.41) is 12.7. The number of nitrogens with one attached hydrogen (secondary N) is 1. The summed E-state index contributed by atoms with van der Waals surface area (Å²) < 4.78 is 14.1.